The molecule has 7 heteroatoms. The molecule has 3 rings (SSSR count). The van der Waals surface area contributed by atoms with Gasteiger partial charge in [-0.3, -0.25) is 14.9 Å². The van der Waals surface area contributed by atoms with Crippen LogP contribution in [0.25, 0.3) is 0 Å². The Morgan fingerprint density at radius 1 is 1.12 bits per heavy atom. The molecule has 0 bridgehead atoms. The molecular weight excluding hydrogens is 334 g/mol. The standard InChI is InChI=1S/C19H21N3O4/c23-19(11-14-26-16-9-7-15(8-10-16)22(24)25)20-17-5-1-2-6-18(17)21-12-3-4-13-21/h1-2,5-10H,3-4,11-14H2,(H,20,23). The van der Waals surface area contributed by atoms with Crippen molar-refractivity contribution in [2.45, 2.75) is 19.3 Å². The van der Waals surface area contributed by atoms with E-state index in [1.54, 1.807) is 0 Å². The number of hydrogen-bond acceptors (Lipinski definition) is 5. The second-order valence-electron chi connectivity index (χ2n) is 6.11. The highest BCUT2D eigenvalue weighted by Crippen LogP contribution is 2.28. The predicted octanol–water partition coefficient (Wildman–Crippen LogP) is 3.60. The molecule has 1 aliphatic rings. The third kappa shape index (κ3) is 4.50. The molecule has 136 valence electrons. The van der Waals surface area contributed by atoms with Crippen LogP contribution in [-0.2, 0) is 4.79 Å². The minimum Gasteiger partial charge on any atom is -0.493 e. The molecule has 0 saturated carbocycles. The molecule has 0 radical (unpaired) electrons. The smallest absolute Gasteiger partial charge is 0.269 e. The van der Waals surface area contributed by atoms with Crippen molar-refractivity contribution in [2.75, 3.05) is 29.9 Å². The second kappa shape index (κ2) is 8.33. The van der Waals surface area contributed by atoms with Crippen LogP contribution in [0, 0.1) is 10.1 Å². The maximum absolute atomic E-state index is 12.2. The molecule has 2 aromatic rings. The Bertz CT molecular complexity index is 771. The van der Waals surface area contributed by atoms with Crippen molar-refractivity contribution in [1.82, 2.24) is 0 Å². The van der Waals surface area contributed by atoms with Gasteiger partial charge in [0.2, 0.25) is 5.91 Å². The molecule has 1 fully saturated rings. The number of carbonyl (C=O) groups is 1. The first-order valence-corrected chi connectivity index (χ1v) is 8.64. The second-order valence-corrected chi connectivity index (χ2v) is 6.11. The third-order valence-corrected chi connectivity index (χ3v) is 4.27. The summed E-state index contributed by atoms with van der Waals surface area (Å²) in [7, 11) is 0. The van der Waals surface area contributed by atoms with Gasteiger partial charge in [0.1, 0.15) is 5.75 Å². The zero-order valence-corrected chi connectivity index (χ0v) is 14.4. The van der Waals surface area contributed by atoms with E-state index in [2.05, 4.69) is 10.2 Å². The van der Waals surface area contributed by atoms with Crippen molar-refractivity contribution >= 4 is 23.0 Å². The molecule has 0 unspecified atom stereocenters. The van der Waals surface area contributed by atoms with Crippen LogP contribution in [0.4, 0.5) is 17.1 Å². The lowest BCUT2D eigenvalue weighted by Crippen LogP contribution is -2.21. The van der Waals surface area contributed by atoms with Gasteiger partial charge in [-0.2, -0.15) is 0 Å². The average Bonchev–Trinajstić information content (AvgIpc) is 3.17. The van der Waals surface area contributed by atoms with Crippen LogP contribution in [0.3, 0.4) is 0 Å². The van der Waals surface area contributed by atoms with E-state index in [9.17, 15) is 14.9 Å². The summed E-state index contributed by atoms with van der Waals surface area (Å²) >= 11 is 0. The van der Waals surface area contributed by atoms with Crippen LogP contribution in [0.2, 0.25) is 0 Å². The van der Waals surface area contributed by atoms with Gasteiger partial charge in [0.15, 0.2) is 0 Å². The SMILES string of the molecule is O=C(CCOc1ccc([N+](=O)[O-])cc1)Nc1ccccc1N1CCCC1. The van der Waals surface area contributed by atoms with Crippen molar-refractivity contribution in [3.63, 3.8) is 0 Å². The number of para-hydroxylation sites is 2. The van der Waals surface area contributed by atoms with Crippen LogP contribution in [0.5, 0.6) is 5.75 Å². The number of amides is 1. The Kier molecular flexibility index (Phi) is 5.68. The zero-order chi connectivity index (χ0) is 18.4. The maximum Gasteiger partial charge on any atom is 0.269 e. The fraction of sp³-hybridized carbons (Fsp3) is 0.316. The van der Waals surface area contributed by atoms with Gasteiger partial charge in [-0.15, -0.1) is 0 Å². The summed E-state index contributed by atoms with van der Waals surface area (Å²) in [5.41, 5.74) is 1.87. The average molecular weight is 355 g/mol. The van der Waals surface area contributed by atoms with Crippen molar-refractivity contribution in [3.05, 3.63) is 58.6 Å². The van der Waals surface area contributed by atoms with Crippen molar-refractivity contribution in [1.29, 1.82) is 0 Å². The van der Waals surface area contributed by atoms with Crippen molar-refractivity contribution in [3.8, 4) is 5.75 Å². The highest BCUT2D eigenvalue weighted by molar-refractivity contribution is 5.94. The lowest BCUT2D eigenvalue weighted by atomic mass is 10.2. The number of hydrogen-bond donors (Lipinski definition) is 1. The van der Waals surface area contributed by atoms with Crippen molar-refractivity contribution in [2.24, 2.45) is 0 Å². The van der Waals surface area contributed by atoms with Gasteiger partial charge in [0.25, 0.3) is 5.69 Å². The number of carbonyl (C=O) groups excluding carboxylic acids is 1. The molecule has 26 heavy (non-hydrogen) atoms. The number of nitrogens with one attached hydrogen (secondary N) is 1. The van der Waals surface area contributed by atoms with E-state index in [4.69, 9.17) is 4.74 Å². The Morgan fingerprint density at radius 3 is 2.50 bits per heavy atom. The van der Waals surface area contributed by atoms with E-state index in [0.29, 0.717) is 5.75 Å². The van der Waals surface area contributed by atoms with Gasteiger partial charge in [0, 0.05) is 25.2 Å². The number of nitro groups is 1. The fourth-order valence-electron chi connectivity index (χ4n) is 2.95. The molecule has 0 aliphatic carbocycles. The molecule has 2 aromatic carbocycles. The Balaban J connectivity index is 1.51. The summed E-state index contributed by atoms with van der Waals surface area (Å²) in [6, 6.07) is 13.6. The van der Waals surface area contributed by atoms with E-state index < -0.39 is 4.92 Å². The Morgan fingerprint density at radius 2 is 1.81 bits per heavy atom. The number of ether oxygens (including phenoxy) is 1. The fourth-order valence-corrected chi connectivity index (χ4v) is 2.95. The first-order chi connectivity index (χ1) is 12.6. The molecule has 0 atom stereocenters. The highest BCUT2D eigenvalue weighted by atomic mass is 16.6. The van der Waals surface area contributed by atoms with Crippen LogP contribution < -0.4 is 15.0 Å². The van der Waals surface area contributed by atoms with Gasteiger partial charge in [-0.1, -0.05) is 12.1 Å². The number of benzene rings is 2. The largest absolute Gasteiger partial charge is 0.493 e. The quantitative estimate of drug-likeness (QED) is 0.606. The lowest BCUT2D eigenvalue weighted by Gasteiger charge is -2.21. The van der Waals surface area contributed by atoms with Gasteiger partial charge < -0.3 is 15.0 Å². The minimum atomic E-state index is -0.463. The molecule has 1 saturated heterocycles. The number of anilines is 2. The van der Waals surface area contributed by atoms with Crippen LogP contribution in [0.15, 0.2) is 48.5 Å². The predicted molar refractivity (Wildman–Crippen MR) is 99.7 cm³/mol. The summed E-state index contributed by atoms with van der Waals surface area (Å²) in [4.78, 5) is 24.7. The van der Waals surface area contributed by atoms with Crippen LogP contribution in [0.1, 0.15) is 19.3 Å². The van der Waals surface area contributed by atoms with E-state index in [1.165, 1.54) is 37.1 Å². The van der Waals surface area contributed by atoms with Crippen LogP contribution >= 0.6 is 0 Å². The Labute approximate surface area is 151 Å². The lowest BCUT2D eigenvalue weighted by molar-refractivity contribution is -0.384. The molecular formula is C19H21N3O4. The summed E-state index contributed by atoms with van der Waals surface area (Å²) < 4.78 is 5.49. The topological polar surface area (TPSA) is 84.7 Å². The van der Waals surface area contributed by atoms with E-state index in [0.717, 1.165) is 24.5 Å². The Hall–Kier alpha value is -3.09. The monoisotopic (exact) mass is 355 g/mol. The third-order valence-electron chi connectivity index (χ3n) is 4.27. The molecule has 1 heterocycles. The molecule has 7 nitrogen and oxygen atoms in total. The maximum atomic E-state index is 12.2. The van der Waals surface area contributed by atoms with Gasteiger partial charge in [-0.25, -0.2) is 0 Å². The molecule has 1 aliphatic heterocycles. The number of rotatable bonds is 7. The molecule has 1 N–H and O–H groups in total. The van der Waals surface area contributed by atoms with Crippen molar-refractivity contribution < 1.29 is 14.5 Å². The van der Waals surface area contributed by atoms with Gasteiger partial charge >= 0.3 is 0 Å². The summed E-state index contributed by atoms with van der Waals surface area (Å²) in [6.45, 7) is 2.22. The molecule has 0 aromatic heterocycles. The normalized spacial score (nSPS) is 13.5. The highest BCUT2D eigenvalue weighted by Gasteiger charge is 2.16. The minimum absolute atomic E-state index is 0.00797. The zero-order valence-electron chi connectivity index (χ0n) is 14.4. The van der Waals surface area contributed by atoms with E-state index in [-0.39, 0.29) is 24.6 Å². The summed E-state index contributed by atoms with van der Waals surface area (Å²) in [5, 5.41) is 13.6. The molecule has 0 spiro atoms. The summed E-state index contributed by atoms with van der Waals surface area (Å²) in [6.07, 6.45) is 2.54. The van der Waals surface area contributed by atoms with Crippen LogP contribution in [-0.4, -0.2) is 30.5 Å². The summed E-state index contributed by atoms with van der Waals surface area (Å²) in [5.74, 6) is 0.374. The molecule has 1 amide bonds. The van der Waals surface area contributed by atoms with E-state index in [1.807, 2.05) is 24.3 Å². The number of nitro benzene ring substituents is 1. The van der Waals surface area contributed by atoms with Gasteiger partial charge in [0.05, 0.1) is 29.3 Å². The van der Waals surface area contributed by atoms with E-state index >= 15 is 0 Å². The number of nitrogens with zero attached hydrogens (tertiary/aromatic N) is 2. The van der Waals surface area contributed by atoms with Gasteiger partial charge in [-0.05, 0) is 37.1 Å². The number of non-ortho nitro benzene ring substituents is 1. The first kappa shape index (κ1) is 17.7. The first-order valence-electron chi connectivity index (χ1n) is 8.64.